The third kappa shape index (κ3) is 3.88. The quantitative estimate of drug-likeness (QED) is 0.609. The first-order valence-electron chi connectivity index (χ1n) is 8.39. The Bertz CT molecular complexity index is 893. The molecule has 0 spiro atoms. The van der Waals surface area contributed by atoms with Crippen molar-refractivity contribution in [3.05, 3.63) is 53.7 Å². The zero-order valence-electron chi connectivity index (χ0n) is 15.3. The predicted octanol–water partition coefficient (Wildman–Crippen LogP) is 3.36. The summed E-state index contributed by atoms with van der Waals surface area (Å²) in [5.41, 5.74) is 1.79. The number of benzene rings is 2. The molecule has 7 heteroatoms. The fourth-order valence-electron chi connectivity index (χ4n) is 2.72. The molecule has 1 fully saturated rings. The first-order chi connectivity index (χ1) is 13.1. The molecule has 0 saturated carbocycles. The number of rotatable bonds is 6. The van der Waals surface area contributed by atoms with Gasteiger partial charge in [0.05, 0.1) is 26.5 Å². The van der Waals surface area contributed by atoms with Crippen LogP contribution in [0.2, 0.25) is 0 Å². The second-order valence-electron chi connectivity index (χ2n) is 5.66. The highest BCUT2D eigenvalue weighted by molar-refractivity contribution is 7.80. The van der Waals surface area contributed by atoms with E-state index in [0.717, 1.165) is 11.3 Å². The third-order valence-corrected chi connectivity index (χ3v) is 4.31. The number of thiocarbonyl (C=S) groups is 1. The average Bonchev–Trinajstić information content (AvgIpc) is 2.96. The van der Waals surface area contributed by atoms with Gasteiger partial charge in [-0.25, -0.2) is 0 Å². The van der Waals surface area contributed by atoms with Crippen molar-refractivity contribution in [2.75, 3.05) is 25.7 Å². The summed E-state index contributed by atoms with van der Waals surface area (Å²) in [5, 5.41) is 3.29. The number of ether oxygens (including phenoxy) is 3. The molecule has 0 aromatic heterocycles. The van der Waals surface area contributed by atoms with Gasteiger partial charge in [-0.15, -0.1) is 0 Å². The largest absolute Gasteiger partial charge is 0.497 e. The SMILES string of the molecule is CCOc1ccc(N2C(=O)/C(=C/c3ccc(OC)cc3OC)NC2=S)cc1. The number of nitrogens with zero attached hydrogens (tertiary/aromatic N) is 1. The standard InChI is InChI=1S/C20H20N2O4S/c1-4-26-15-9-6-14(7-10-15)22-19(23)17(21-20(22)27)11-13-5-8-16(24-2)12-18(13)25-3/h5-12H,4H2,1-3H3,(H,21,27)/b17-11-. The van der Waals surface area contributed by atoms with E-state index < -0.39 is 0 Å². The normalized spacial score (nSPS) is 15.1. The van der Waals surface area contributed by atoms with Gasteiger partial charge in [0.2, 0.25) is 0 Å². The van der Waals surface area contributed by atoms with Crippen molar-refractivity contribution >= 4 is 35.0 Å². The summed E-state index contributed by atoms with van der Waals surface area (Å²) in [4.78, 5) is 14.3. The van der Waals surface area contributed by atoms with Crippen molar-refractivity contribution in [3.8, 4) is 17.2 Å². The van der Waals surface area contributed by atoms with Gasteiger partial charge in [-0.05, 0) is 61.6 Å². The Labute approximate surface area is 163 Å². The van der Waals surface area contributed by atoms with Crippen LogP contribution >= 0.6 is 12.2 Å². The van der Waals surface area contributed by atoms with E-state index in [4.69, 9.17) is 26.4 Å². The molecule has 0 atom stereocenters. The topological polar surface area (TPSA) is 60.0 Å². The number of carbonyl (C=O) groups is 1. The van der Waals surface area contributed by atoms with Crippen LogP contribution in [0.1, 0.15) is 12.5 Å². The molecule has 0 bridgehead atoms. The van der Waals surface area contributed by atoms with E-state index >= 15 is 0 Å². The average molecular weight is 384 g/mol. The minimum absolute atomic E-state index is 0.234. The number of hydrogen-bond donors (Lipinski definition) is 1. The molecule has 140 valence electrons. The Kier molecular flexibility index (Phi) is 5.61. The molecular weight excluding hydrogens is 364 g/mol. The maximum absolute atomic E-state index is 12.9. The van der Waals surface area contributed by atoms with Crippen LogP contribution in [-0.4, -0.2) is 31.8 Å². The molecule has 2 aromatic carbocycles. The lowest BCUT2D eigenvalue weighted by atomic mass is 10.1. The zero-order valence-corrected chi connectivity index (χ0v) is 16.1. The van der Waals surface area contributed by atoms with Gasteiger partial charge in [-0.3, -0.25) is 9.69 Å². The van der Waals surface area contributed by atoms with Crippen molar-refractivity contribution in [1.29, 1.82) is 0 Å². The monoisotopic (exact) mass is 384 g/mol. The summed E-state index contributed by atoms with van der Waals surface area (Å²) in [5.74, 6) is 1.78. The van der Waals surface area contributed by atoms with E-state index in [1.165, 1.54) is 4.90 Å². The molecule has 0 unspecified atom stereocenters. The molecule has 27 heavy (non-hydrogen) atoms. The van der Waals surface area contributed by atoms with Gasteiger partial charge in [0.15, 0.2) is 5.11 Å². The van der Waals surface area contributed by atoms with Crippen molar-refractivity contribution in [2.24, 2.45) is 0 Å². The maximum atomic E-state index is 12.9. The van der Waals surface area contributed by atoms with Crippen LogP contribution in [0.5, 0.6) is 17.2 Å². The summed E-state index contributed by atoms with van der Waals surface area (Å²) < 4.78 is 16.0. The van der Waals surface area contributed by atoms with Crippen LogP contribution in [0.3, 0.4) is 0 Å². The second kappa shape index (κ2) is 8.09. The highest BCUT2D eigenvalue weighted by Crippen LogP contribution is 2.29. The molecular formula is C20H20N2O4S. The molecule has 1 aliphatic heterocycles. The van der Waals surface area contributed by atoms with Crippen molar-refractivity contribution in [2.45, 2.75) is 6.92 Å². The lowest BCUT2D eigenvalue weighted by molar-refractivity contribution is -0.113. The van der Waals surface area contributed by atoms with Crippen molar-refractivity contribution < 1.29 is 19.0 Å². The summed E-state index contributed by atoms with van der Waals surface area (Å²) >= 11 is 5.35. The smallest absolute Gasteiger partial charge is 0.281 e. The number of methoxy groups -OCH3 is 2. The van der Waals surface area contributed by atoms with Crippen LogP contribution in [-0.2, 0) is 4.79 Å². The molecule has 0 radical (unpaired) electrons. The minimum atomic E-state index is -0.234. The van der Waals surface area contributed by atoms with Crippen molar-refractivity contribution in [1.82, 2.24) is 5.32 Å². The zero-order chi connectivity index (χ0) is 19.4. The van der Waals surface area contributed by atoms with Crippen LogP contribution in [0.25, 0.3) is 6.08 Å². The lowest BCUT2D eigenvalue weighted by Crippen LogP contribution is -2.30. The molecule has 1 amide bonds. The van der Waals surface area contributed by atoms with E-state index in [-0.39, 0.29) is 5.91 Å². The first kappa shape index (κ1) is 18.7. The predicted molar refractivity (Wildman–Crippen MR) is 108 cm³/mol. The van der Waals surface area contributed by atoms with E-state index in [1.807, 2.05) is 25.1 Å². The van der Waals surface area contributed by atoms with Gasteiger partial charge < -0.3 is 19.5 Å². The molecule has 1 heterocycles. The number of amides is 1. The third-order valence-electron chi connectivity index (χ3n) is 4.02. The summed E-state index contributed by atoms with van der Waals surface area (Å²) in [6.07, 6.45) is 1.71. The van der Waals surface area contributed by atoms with E-state index in [9.17, 15) is 4.79 Å². The molecule has 3 rings (SSSR count). The fourth-order valence-corrected chi connectivity index (χ4v) is 3.02. The van der Waals surface area contributed by atoms with E-state index in [1.54, 1.807) is 44.6 Å². The highest BCUT2D eigenvalue weighted by Gasteiger charge is 2.32. The van der Waals surface area contributed by atoms with Gasteiger partial charge >= 0.3 is 0 Å². The van der Waals surface area contributed by atoms with Crippen LogP contribution < -0.4 is 24.4 Å². The molecule has 0 aliphatic carbocycles. The van der Waals surface area contributed by atoms with Crippen LogP contribution in [0.4, 0.5) is 5.69 Å². The minimum Gasteiger partial charge on any atom is -0.497 e. The Hall–Kier alpha value is -3.06. The Balaban J connectivity index is 1.88. The van der Waals surface area contributed by atoms with Gasteiger partial charge in [0.1, 0.15) is 22.9 Å². The number of hydrogen-bond acceptors (Lipinski definition) is 5. The van der Waals surface area contributed by atoms with Gasteiger partial charge in [0, 0.05) is 11.6 Å². The van der Waals surface area contributed by atoms with Gasteiger partial charge in [-0.1, -0.05) is 0 Å². The van der Waals surface area contributed by atoms with Gasteiger partial charge in [-0.2, -0.15) is 0 Å². The highest BCUT2D eigenvalue weighted by atomic mass is 32.1. The fraction of sp³-hybridized carbons (Fsp3) is 0.200. The molecule has 1 N–H and O–H groups in total. The van der Waals surface area contributed by atoms with E-state index in [0.29, 0.717) is 34.6 Å². The van der Waals surface area contributed by atoms with Gasteiger partial charge in [0.25, 0.3) is 5.91 Å². The second-order valence-corrected chi connectivity index (χ2v) is 6.05. The Morgan fingerprint density at radius 3 is 2.41 bits per heavy atom. The summed E-state index contributed by atoms with van der Waals surface area (Å²) in [7, 11) is 3.15. The van der Waals surface area contributed by atoms with Crippen LogP contribution in [0, 0.1) is 0 Å². The number of carbonyl (C=O) groups excluding carboxylic acids is 1. The van der Waals surface area contributed by atoms with E-state index in [2.05, 4.69) is 5.32 Å². The van der Waals surface area contributed by atoms with Crippen molar-refractivity contribution in [3.63, 3.8) is 0 Å². The van der Waals surface area contributed by atoms with Crippen LogP contribution in [0.15, 0.2) is 48.2 Å². The molecule has 1 saturated heterocycles. The molecule has 6 nitrogen and oxygen atoms in total. The number of nitrogens with one attached hydrogen (secondary N) is 1. The molecule has 2 aromatic rings. The summed E-state index contributed by atoms with van der Waals surface area (Å²) in [6, 6.07) is 12.6. The maximum Gasteiger partial charge on any atom is 0.281 e. The Morgan fingerprint density at radius 2 is 1.78 bits per heavy atom. The molecule has 1 aliphatic rings. The lowest BCUT2D eigenvalue weighted by Gasteiger charge is -2.14. The number of anilines is 1. The summed E-state index contributed by atoms with van der Waals surface area (Å²) in [6.45, 7) is 2.50. The first-order valence-corrected chi connectivity index (χ1v) is 8.80. The Morgan fingerprint density at radius 1 is 1.07 bits per heavy atom.